The molecule has 2 heteroatoms. The van der Waals surface area contributed by atoms with Gasteiger partial charge >= 0.3 is 0 Å². The number of anilines is 1. The lowest BCUT2D eigenvalue weighted by atomic mass is 9.86. The minimum atomic E-state index is 0.715. The molecule has 72 valence electrons. The fourth-order valence-corrected chi connectivity index (χ4v) is 2.75. The molecule has 1 aromatic heterocycles. The number of hydrogen-bond acceptors (Lipinski definition) is 2. The van der Waals surface area contributed by atoms with Crippen LogP contribution < -0.4 is 5.32 Å². The van der Waals surface area contributed by atoms with Gasteiger partial charge in [0.2, 0.25) is 0 Å². The fraction of sp³-hybridized carbons (Fsp3) is 0.636. The molecule has 1 nitrogen and oxygen atoms in total. The summed E-state index contributed by atoms with van der Waals surface area (Å²) in [4.78, 5) is 0. The Morgan fingerprint density at radius 1 is 1.38 bits per heavy atom. The quantitative estimate of drug-likeness (QED) is 0.758. The number of nitrogens with one attached hydrogen (secondary N) is 1. The van der Waals surface area contributed by atoms with E-state index in [0.29, 0.717) is 6.04 Å². The average Bonchev–Trinajstić information content (AvgIpc) is 2.61. The Labute approximate surface area is 84.2 Å². The van der Waals surface area contributed by atoms with Gasteiger partial charge in [-0.25, -0.2) is 0 Å². The monoisotopic (exact) mass is 195 g/mol. The maximum absolute atomic E-state index is 3.63. The first kappa shape index (κ1) is 9.07. The van der Waals surface area contributed by atoms with Crippen molar-refractivity contribution in [1.82, 2.24) is 0 Å². The van der Waals surface area contributed by atoms with Crippen LogP contribution >= 0.6 is 11.3 Å². The molecule has 1 fully saturated rings. The normalized spacial score (nSPS) is 28.7. The molecule has 2 atom stereocenters. The van der Waals surface area contributed by atoms with Gasteiger partial charge in [0, 0.05) is 6.04 Å². The molecule has 0 radical (unpaired) electrons. The molecule has 0 aromatic carbocycles. The van der Waals surface area contributed by atoms with Crippen molar-refractivity contribution in [3.8, 4) is 0 Å². The lowest BCUT2D eigenvalue weighted by molar-refractivity contribution is 0.350. The molecule has 1 saturated carbocycles. The van der Waals surface area contributed by atoms with Crippen LogP contribution in [-0.2, 0) is 0 Å². The summed E-state index contributed by atoms with van der Waals surface area (Å²) >= 11 is 1.81. The van der Waals surface area contributed by atoms with E-state index < -0.39 is 0 Å². The van der Waals surface area contributed by atoms with Crippen LogP contribution in [0.25, 0.3) is 0 Å². The first-order valence-corrected chi connectivity index (χ1v) is 6.04. The third kappa shape index (κ3) is 2.25. The molecule has 0 amide bonds. The van der Waals surface area contributed by atoms with E-state index in [1.807, 2.05) is 11.3 Å². The van der Waals surface area contributed by atoms with E-state index in [0.717, 1.165) is 5.92 Å². The first-order valence-electron chi connectivity index (χ1n) is 5.16. The fourth-order valence-electron chi connectivity index (χ4n) is 2.07. The van der Waals surface area contributed by atoms with Crippen molar-refractivity contribution < 1.29 is 0 Å². The zero-order valence-corrected chi connectivity index (χ0v) is 8.94. The van der Waals surface area contributed by atoms with Gasteiger partial charge in [-0.2, -0.15) is 0 Å². The van der Waals surface area contributed by atoms with Gasteiger partial charge in [-0.05, 0) is 36.3 Å². The maximum atomic E-state index is 3.63. The van der Waals surface area contributed by atoms with Crippen molar-refractivity contribution in [1.29, 1.82) is 0 Å². The van der Waals surface area contributed by atoms with E-state index in [1.54, 1.807) is 0 Å². The highest BCUT2D eigenvalue weighted by Crippen LogP contribution is 2.28. The van der Waals surface area contributed by atoms with E-state index in [9.17, 15) is 0 Å². The minimum Gasteiger partial charge on any atom is -0.374 e. The van der Waals surface area contributed by atoms with E-state index in [2.05, 4.69) is 29.8 Å². The Morgan fingerprint density at radius 3 is 2.92 bits per heavy atom. The van der Waals surface area contributed by atoms with Gasteiger partial charge in [-0.1, -0.05) is 19.8 Å². The smallest absolute Gasteiger partial charge is 0.0884 e. The Kier molecular flexibility index (Phi) is 2.89. The predicted octanol–water partition coefficient (Wildman–Crippen LogP) is 3.74. The third-order valence-corrected chi connectivity index (χ3v) is 3.76. The number of thiophene rings is 1. The molecule has 0 bridgehead atoms. The van der Waals surface area contributed by atoms with E-state index in [1.165, 1.54) is 30.7 Å². The molecular weight excluding hydrogens is 178 g/mol. The van der Waals surface area contributed by atoms with Gasteiger partial charge in [0.05, 0.1) is 5.00 Å². The molecule has 1 aliphatic rings. The summed E-state index contributed by atoms with van der Waals surface area (Å²) < 4.78 is 0. The Balaban J connectivity index is 1.93. The molecule has 2 rings (SSSR count). The zero-order valence-electron chi connectivity index (χ0n) is 8.12. The lowest BCUT2D eigenvalue weighted by Crippen LogP contribution is -2.29. The molecule has 1 aromatic rings. The second kappa shape index (κ2) is 4.14. The summed E-state index contributed by atoms with van der Waals surface area (Å²) in [6.45, 7) is 2.37. The number of hydrogen-bond donors (Lipinski definition) is 1. The maximum Gasteiger partial charge on any atom is 0.0884 e. The van der Waals surface area contributed by atoms with Crippen LogP contribution in [0.2, 0.25) is 0 Å². The van der Waals surface area contributed by atoms with Crippen molar-refractivity contribution in [3.05, 3.63) is 17.5 Å². The van der Waals surface area contributed by atoms with Crippen LogP contribution in [0.1, 0.15) is 32.6 Å². The standard InChI is InChI=1S/C11H17NS/c1-9-5-2-3-6-10(9)12-11-7-4-8-13-11/h4,7-10,12H,2-3,5-6H2,1H3. The van der Waals surface area contributed by atoms with Crippen molar-refractivity contribution in [3.63, 3.8) is 0 Å². The second-order valence-corrected chi connectivity index (χ2v) is 4.94. The summed E-state index contributed by atoms with van der Waals surface area (Å²) in [6.07, 6.45) is 5.55. The molecule has 0 aliphatic heterocycles. The summed E-state index contributed by atoms with van der Waals surface area (Å²) in [5.74, 6) is 0.843. The molecular formula is C11H17NS. The van der Waals surface area contributed by atoms with Gasteiger partial charge in [0.15, 0.2) is 0 Å². The van der Waals surface area contributed by atoms with Crippen LogP contribution in [0.3, 0.4) is 0 Å². The topological polar surface area (TPSA) is 12.0 Å². The SMILES string of the molecule is CC1CCCCC1Nc1cccs1. The van der Waals surface area contributed by atoms with E-state index >= 15 is 0 Å². The van der Waals surface area contributed by atoms with Crippen LogP contribution in [0.4, 0.5) is 5.00 Å². The Hall–Kier alpha value is -0.500. The first-order chi connectivity index (χ1) is 6.36. The number of rotatable bonds is 2. The highest BCUT2D eigenvalue weighted by atomic mass is 32.1. The van der Waals surface area contributed by atoms with E-state index in [4.69, 9.17) is 0 Å². The Morgan fingerprint density at radius 2 is 2.23 bits per heavy atom. The largest absolute Gasteiger partial charge is 0.374 e. The molecule has 13 heavy (non-hydrogen) atoms. The van der Waals surface area contributed by atoms with Gasteiger partial charge in [0.25, 0.3) is 0 Å². The Bertz CT molecular complexity index is 243. The zero-order chi connectivity index (χ0) is 9.10. The molecule has 0 saturated heterocycles. The molecule has 1 heterocycles. The van der Waals surface area contributed by atoms with E-state index in [-0.39, 0.29) is 0 Å². The molecule has 1 N–H and O–H groups in total. The minimum absolute atomic E-state index is 0.715. The van der Waals surface area contributed by atoms with Gasteiger partial charge < -0.3 is 5.32 Å². The average molecular weight is 195 g/mol. The summed E-state index contributed by atoms with van der Waals surface area (Å²) in [5.41, 5.74) is 0. The van der Waals surface area contributed by atoms with Gasteiger partial charge in [-0.15, -0.1) is 11.3 Å². The molecule has 0 spiro atoms. The summed E-state index contributed by atoms with van der Waals surface area (Å²) in [6, 6.07) is 5.00. The predicted molar refractivity (Wildman–Crippen MR) is 59.4 cm³/mol. The highest BCUT2D eigenvalue weighted by molar-refractivity contribution is 7.14. The van der Waals surface area contributed by atoms with Crippen molar-refractivity contribution in [2.45, 2.75) is 38.6 Å². The lowest BCUT2D eigenvalue weighted by Gasteiger charge is -2.29. The van der Waals surface area contributed by atoms with Gasteiger partial charge in [0.1, 0.15) is 0 Å². The van der Waals surface area contributed by atoms with Crippen LogP contribution in [0, 0.1) is 5.92 Å². The van der Waals surface area contributed by atoms with Crippen molar-refractivity contribution in [2.75, 3.05) is 5.32 Å². The molecule has 2 unspecified atom stereocenters. The second-order valence-electron chi connectivity index (χ2n) is 3.99. The van der Waals surface area contributed by atoms with Gasteiger partial charge in [-0.3, -0.25) is 0 Å². The summed E-state index contributed by atoms with van der Waals surface area (Å²) in [5, 5.41) is 7.10. The highest BCUT2D eigenvalue weighted by Gasteiger charge is 2.20. The third-order valence-electron chi connectivity index (χ3n) is 2.96. The summed E-state index contributed by atoms with van der Waals surface area (Å²) in [7, 11) is 0. The van der Waals surface area contributed by atoms with Crippen molar-refractivity contribution >= 4 is 16.3 Å². The van der Waals surface area contributed by atoms with Crippen molar-refractivity contribution in [2.24, 2.45) is 5.92 Å². The van der Waals surface area contributed by atoms with Crippen LogP contribution in [-0.4, -0.2) is 6.04 Å². The molecule has 1 aliphatic carbocycles. The van der Waals surface area contributed by atoms with Crippen LogP contribution in [0.15, 0.2) is 17.5 Å². The van der Waals surface area contributed by atoms with Crippen LogP contribution in [0.5, 0.6) is 0 Å².